The van der Waals surface area contributed by atoms with Crippen LogP contribution < -0.4 is 0 Å². The number of aryl methyl sites for hydroxylation is 1. The highest BCUT2D eigenvalue weighted by Crippen LogP contribution is 2.18. The number of hydrogen-bond acceptors (Lipinski definition) is 3. The number of nitrogens with one attached hydrogen (secondary N) is 1. The summed E-state index contributed by atoms with van der Waals surface area (Å²) >= 11 is 11.2. The van der Waals surface area contributed by atoms with Gasteiger partial charge in [0.1, 0.15) is 0 Å². The van der Waals surface area contributed by atoms with Crippen LogP contribution in [-0.4, -0.2) is 20.6 Å². The summed E-state index contributed by atoms with van der Waals surface area (Å²) in [7, 11) is 0. The van der Waals surface area contributed by atoms with Crippen LogP contribution in [-0.2, 0) is 0 Å². The summed E-state index contributed by atoms with van der Waals surface area (Å²) < 4.78 is 2.10. The molecule has 0 amide bonds. The number of benzene rings is 2. The van der Waals surface area contributed by atoms with E-state index in [1.54, 1.807) is 4.68 Å². The maximum Gasteiger partial charge on any atom is 0.216 e. The molecule has 2 aromatic carbocycles. The smallest absolute Gasteiger partial charge is 0.216 e. The lowest BCUT2D eigenvalue weighted by Crippen LogP contribution is -2.01. The Bertz CT molecular complexity index is 905. The molecule has 0 aliphatic rings. The van der Waals surface area contributed by atoms with Crippen LogP contribution in [0.25, 0.3) is 11.4 Å². The van der Waals surface area contributed by atoms with Gasteiger partial charge in [-0.3, -0.25) is 0 Å². The van der Waals surface area contributed by atoms with Gasteiger partial charge in [-0.15, -0.1) is 0 Å². The van der Waals surface area contributed by atoms with Crippen LogP contribution >= 0.6 is 23.8 Å². The topological polar surface area (TPSA) is 46.0 Å². The number of aromatic amines is 1. The van der Waals surface area contributed by atoms with E-state index in [-0.39, 0.29) is 0 Å². The quantitative estimate of drug-likeness (QED) is 0.546. The lowest BCUT2D eigenvalue weighted by atomic mass is 10.1. The molecule has 6 heteroatoms. The zero-order valence-corrected chi connectivity index (χ0v) is 14.3. The molecule has 0 unspecified atom stereocenters. The van der Waals surface area contributed by atoms with Gasteiger partial charge in [0, 0.05) is 10.6 Å². The van der Waals surface area contributed by atoms with Crippen molar-refractivity contribution in [1.29, 1.82) is 0 Å². The van der Waals surface area contributed by atoms with Crippen LogP contribution in [0.3, 0.4) is 0 Å². The molecule has 0 atom stereocenters. The van der Waals surface area contributed by atoms with Crippen molar-refractivity contribution in [2.75, 3.05) is 0 Å². The van der Waals surface area contributed by atoms with Crippen LogP contribution in [0.15, 0.2) is 53.6 Å². The lowest BCUT2D eigenvalue weighted by molar-refractivity contribution is 0.864. The summed E-state index contributed by atoms with van der Waals surface area (Å²) in [6.07, 6.45) is 0. The minimum Gasteiger partial charge on any atom is -0.250 e. The summed E-state index contributed by atoms with van der Waals surface area (Å²) in [5, 5.41) is 12.4. The maximum atomic E-state index is 5.93. The lowest BCUT2D eigenvalue weighted by Gasteiger charge is -2.05. The summed E-state index contributed by atoms with van der Waals surface area (Å²) in [6.45, 7) is 3.97. The second-order valence-electron chi connectivity index (χ2n) is 5.22. The largest absolute Gasteiger partial charge is 0.250 e. The molecule has 3 aromatic rings. The molecule has 1 N–H and O–H groups in total. The van der Waals surface area contributed by atoms with Crippen LogP contribution in [0.1, 0.15) is 18.1 Å². The van der Waals surface area contributed by atoms with Gasteiger partial charge in [0.05, 0.1) is 5.71 Å². The van der Waals surface area contributed by atoms with Gasteiger partial charge >= 0.3 is 0 Å². The number of nitrogens with zero attached hydrogens (tertiary/aromatic N) is 3. The van der Waals surface area contributed by atoms with Crippen LogP contribution in [0.2, 0.25) is 5.02 Å². The molecule has 0 bridgehead atoms. The van der Waals surface area contributed by atoms with Gasteiger partial charge in [0.25, 0.3) is 0 Å². The fraction of sp³-hybridized carbons (Fsp3) is 0.118. The van der Waals surface area contributed by atoms with Gasteiger partial charge in [-0.1, -0.05) is 53.6 Å². The minimum atomic E-state index is 0.453. The van der Waals surface area contributed by atoms with Gasteiger partial charge in [-0.2, -0.15) is 14.9 Å². The fourth-order valence-electron chi connectivity index (χ4n) is 2.17. The highest BCUT2D eigenvalue weighted by molar-refractivity contribution is 7.71. The van der Waals surface area contributed by atoms with Crippen molar-refractivity contribution in [3.05, 3.63) is 69.5 Å². The van der Waals surface area contributed by atoms with Gasteiger partial charge in [0.2, 0.25) is 4.77 Å². The molecule has 1 heterocycles. The maximum absolute atomic E-state index is 5.93. The third kappa shape index (κ3) is 3.41. The zero-order valence-electron chi connectivity index (χ0n) is 12.7. The first-order chi connectivity index (χ1) is 11.0. The molecule has 0 spiro atoms. The highest BCUT2D eigenvalue weighted by atomic mass is 35.5. The van der Waals surface area contributed by atoms with E-state index in [9.17, 15) is 0 Å². The van der Waals surface area contributed by atoms with Gasteiger partial charge in [-0.25, -0.2) is 5.10 Å². The third-order valence-electron chi connectivity index (χ3n) is 3.47. The number of H-pyrrole nitrogens is 1. The van der Waals surface area contributed by atoms with Crippen LogP contribution in [0.4, 0.5) is 0 Å². The van der Waals surface area contributed by atoms with Crippen LogP contribution in [0, 0.1) is 11.7 Å². The Hall–Kier alpha value is -2.24. The summed E-state index contributed by atoms with van der Waals surface area (Å²) in [4.78, 5) is 0. The molecule has 1 aromatic heterocycles. The van der Waals surface area contributed by atoms with Gasteiger partial charge < -0.3 is 0 Å². The number of aromatic nitrogens is 3. The van der Waals surface area contributed by atoms with E-state index in [1.165, 1.54) is 5.56 Å². The summed E-state index contributed by atoms with van der Waals surface area (Å²) in [5.74, 6) is 0.684. The first-order valence-corrected chi connectivity index (χ1v) is 7.89. The van der Waals surface area contributed by atoms with Gasteiger partial charge in [-0.05, 0) is 43.8 Å². The highest BCUT2D eigenvalue weighted by Gasteiger charge is 2.09. The molecule has 0 saturated heterocycles. The molecule has 0 radical (unpaired) electrons. The Balaban J connectivity index is 2.05. The molecule has 0 aliphatic carbocycles. The SMILES string of the molecule is C/C(=N\n1c(-c2ccc(C)cc2)n[nH]c1=S)c1ccc(Cl)cc1. The van der Waals surface area contributed by atoms with Crippen molar-refractivity contribution < 1.29 is 0 Å². The van der Waals surface area contributed by atoms with E-state index in [0.717, 1.165) is 16.8 Å². The standard InChI is InChI=1S/C17H15ClN4S/c1-11-3-5-14(6-4-11)16-19-20-17(23)22(16)21-12(2)13-7-9-15(18)10-8-13/h3-10H,1-2H3,(H,20,23)/b21-12+. The predicted octanol–water partition coefficient (Wildman–Crippen LogP) is 4.84. The van der Waals surface area contributed by atoms with Crippen molar-refractivity contribution in [3.63, 3.8) is 0 Å². The molecule has 4 nitrogen and oxygen atoms in total. The average molecular weight is 343 g/mol. The van der Waals surface area contributed by atoms with Crippen molar-refractivity contribution in [3.8, 4) is 11.4 Å². The summed E-state index contributed by atoms with van der Waals surface area (Å²) in [6, 6.07) is 15.6. The van der Waals surface area contributed by atoms with Crippen molar-refractivity contribution in [2.45, 2.75) is 13.8 Å². The van der Waals surface area contributed by atoms with Crippen molar-refractivity contribution in [1.82, 2.24) is 14.9 Å². The fourth-order valence-corrected chi connectivity index (χ4v) is 2.47. The zero-order chi connectivity index (χ0) is 16.4. The van der Waals surface area contributed by atoms with Crippen molar-refractivity contribution >= 4 is 29.5 Å². The Morgan fingerprint density at radius 1 is 1.13 bits per heavy atom. The Kier molecular flexibility index (Phi) is 4.41. The molecule has 3 rings (SSSR count). The molecule has 116 valence electrons. The Morgan fingerprint density at radius 2 is 1.78 bits per heavy atom. The Morgan fingerprint density at radius 3 is 2.43 bits per heavy atom. The number of halogens is 1. The number of hydrogen-bond donors (Lipinski definition) is 1. The van der Waals surface area contributed by atoms with E-state index in [0.29, 0.717) is 15.6 Å². The molecular formula is C17H15ClN4S. The molecule has 0 saturated carbocycles. The second kappa shape index (κ2) is 6.48. The molecule has 0 fully saturated rings. The minimum absolute atomic E-state index is 0.453. The van der Waals surface area contributed by atoms with E-state index >= 15 is 0 Å². The van der Waals surface area contributed by atoms with E-state index < -0.39 is 0 Å². The van der Waals surface area contributed by atoms with Crippen molar-refractivity contribution in [2.24, 2.45) is 5.10 Å². The first-order valence-electron chi connectivity index (χ1n) is 7.10. The predicted molar refractivity (Wildman–Crippen MR) is 96.6 cm³/mol. The molecule has 23 heavy (non-hydrogen) atoms. The monoisotopic (exact) mass is 342 g/mol. The molecule has 0 aliphatic heterocycles. The average Bonchev–Trinajstić information content (AvgIpc) is 2.90. The van der Waals surface area contributed by atoms with Crippen LogP contribution in [0.5, 0.6) is 0 Å². The normalized spacial score (nSPS) is 11.7. The number of rotatable bonds is 3. The van der Waals surface area contributed by atoms with E-state index in [4.69, 9.17) is 23.8 Å². The first kappa shape index (κ1) is 15.6. The Labute approximate surface area is 144 Å². The van der Waals surface area contributed by atoms with E-state index in [2.05, 4.69) is 15.3 Å². The molecular weight excluding hydrogens is 328 g/mol. The van der Waals surface area contributed by atoms with Gasteiger partial charge in [0.15, 0.2) is 5.82 Å². The third-order valence-corrected chi connectivity index (χ3v) is 3.99. The van der Waals surface area contributed by atoms with E-state index in [1.807, 2.05) is 62.4 Å². The second-order valence-corrected chi connectivity index (χ2v) is 6.05. The summed E-state index contributed by atoms with van der Waals surface area (Å²) in [5.41, 5.74) is 3.95.